The van der Waals surface area contributed by atoms with Crippen molar-refractivity contribution in [1.29, 1.82) is 5.26 Å². The van der Waals surface area contributed by atoms with Crippen LogP contribution < -0.4 is 10.6 Å². The van der Waals surface area contributed by atoms with E-state index in [1.165, 1.54) is 6.20 Å². The first-order valence-electron chi connectivity index (χ1n) is 7.89. The number of amides is 1. The number of hydrogen-bond acceptors (Lipinski definition) is 3. The Morgan fingerprint density at radius 3 is 2.54 bits per heavy atom. The number of carbonyl (C=O) groups excluding carboxylic acids is 1. The first kappa shape index (κ1) is 17.3. The molecule has 0 saturated heterocycles. The SMILES string of the molecule is CCc1ccccc1N/C=C(/C#N)C(=O)Nc1cccc(C)c1C. The molecule has 4 heteroatoms. The van der Waals surface area contributed by atoms with Gasteiger partial charge in [-0.1, -0.05) is 37.3 Å². The smallest absolute Gasteiger partial charge is 0.267 e. The standard InChI is InChI=1S/C20H21N3O/c1-4-16-9-5-6-10-19(16)22-13-17(12-21)20(24)23-18-11-7-8-14(2)15(18)3/h5-11,13,22H,4H2,1-3H3,(H,23,24)/b17-13-. The fraction of sp³-hybridized carbons (Fsp3) is 0.200. The van der Waals surface area contributed by atoms with Gasteiger partial charge in [-0.05, 0) is 49.1 Å². The summed E-state index contributed by atoms with van der Waals surface area (Å²) in [6.07, 6.45) is 2.32. The molecule has 0 atom stereocenters. The fourth-order valence-corrected chi connectivity index (χ4v) is 2.34. The lowest BCUT2D eigenvalue weighted by molar-refractivity contribution is -0.112. The van der Waals surface area contributed by atoms with Gasteiger partial charge in [0.2, 0.25) is 0 Å². The largest absolute Gasteiger partial charge is 0.360 e. The lowest BCUT2D eigenvalue weighted by atomic mass is 10.1. The molecule has 2 aromatic rings. The maximum Gasteiger partial charge on any atom is 0.267 e. The summed E-state index contributed by atoms with van der Waals surface area (Å²) in [6, 6.07) is 15.5. The van der Waals surface area contributed by atoms with Crippen LogP contribution in [-0.2, 0) is 11.2 Å². The normalized spacial score (nSPS) is 10.8. The molecule has 0 heterocycles. The first-order chi connectivity index (χ1) is 11.6. The lowest BCUT2D eigenvalue weighted by Gasteiger charge is -2.10. The molecule has 4 nitrogen and oxygen atoms in total. The molecule has 2 N–H and O–H groups in total. The Bertz CT molecular complexity index is 816. The van der Waals surface area contributed by atoms with Crippen molar-refractivity contribution in [2.45, 2.75) is 27.2 Å². The van der Waals surface area contributed by atoms with Gasteiger partial charge in [0.25, 0.3) is 5.91 Å². The summed E-state index contributed by atoms with van der Waals surface area (Å²) in [5.74, 6) is -0.423. The fourth-order valence-electron chi connectivity index (χ4n) is 2.34. The quantitative estimate of drug-likeness (QED) is 0.637. The maximum absolute atomic E-state index is 12.3. The molecule has 0 unspecified atom stereocenters. The van der Waals surface area contributed by atoms with Crippen LogP contribution in [-0.4, -0.2) is 5.91 Å². The molecule has 2 rings (SSSR count). The second-order valence-corrected chi connectivity index (χ2v) is 5.53. The number of anilines is 2. The van der Waals surface area contributed by atoms with Crippen molar-refractivity contribution in [2.24, 2.45) is 0 Å². The number of nitriles is 1. The zero-order valence-corrected chi connectivity index (χ0v) is 14.2. The number of nitrogens with zero attached hydrogens (tertiary/aromatic N) is 1. The van der Waals surface area contributed by atoms with Crippen LogP contribution in [0.3, 0.4) is 0 Å². The average molecular weight is 319 g/mol. The van der Waals surface area contributed by atoms with Crippen LogP contribution in [0.5, 0.6) is 0 Å². The van der Waals surface area contributed by atoms with Crippen molar-refractivity contribution in [2.75, 3.05) is 10.6 Å². The summed E-state index contributed by atoms with van der Waals surface area (Å²) in [5.41, 5.74) is 4.85. The van der Waals surface area contributed by atoms with Crippen molar-refractivity contribution in [3.63, 3.8) is 0 Å². The Hall–Kier alpha value is -3.06. The van der Waals surface area contributed by atoms with Crippen molar-refractivity contribution in [1.82, 2.24) is 0 Å². The summed E-state index contributed by atoms with van der Waals surface area (Å²) in [4.78, 5) is 12.3. The number of carbonyl (C=O) groups is 1. The third-order valence-corrected chi connectivity index (χ3v) is 3.99. The van der Waals surface area contributed by atoms with E-state index in [0.29, 0.717) is 0 Å². The maximum atomic E-state index is 12.3. The van der Waals surface area contributed by atoms with Gasteiger partial charge in [0.05, 0.1) is 0 Å². The highest BCUT2D eigenvalue weighted by Crippen LogP contribution is 2.19. The van der Waals surface area contributed by atoms with Gasteiger partial charge >= 0.3 is 0 Å². The second kappa shape index (κ2) is 7.98. The third-order valence-electron chi connectivity index (χ3n) is 3.99. The van der Waals surface area contributed by atoms with Gasteiger partial charge in [-0.3, -0.25) is 4.79 Å². The van der Waals surface area contributed by atoms with Crippen LogP contribution in [0.15, 0.2) is 54.2 Å². The van der Waals surface area contributed by atoms with E-state index in [4.69, 9.17) is 0 Å². The Kier molecular flexibility index (Phi) is 5.75. The van der Waals surface area contributed by atoms with Crippen molar-refractivity contribution in [3.8, 4) is 6.07 Å². The molecule has 0 fully saturated rings. The van der Waals surface area contributed by atoms with Gasteiger partial charge in [0.1, 0.15) is 11.6 Å². The minimum absolute atomic E-state index is 0.0295. The van der Waals surface area contributed by atoms with E-state index in [2.05, 4.69) is 17.6 Å². The van der Waals surface area contributed by atoms with Gasteiger partial charge in [-0.2, -0.15) is 5.26 Å². The zero-order chi connectivity index (χ0) is 17.5. The number of aryl methyl sites for hydroxylation is 2. The minimum Gasteiger partial charge on any atom is -0.360 e. The number of rotatable bonds is 5. The summed E-state index contributed by atoms with van der Waals surface area (Å²) in [5, 5.41) is 15.1. The molecular formula is C20H21N3O. The van der Waals surface area contributed by atoms with Gasteiger partial charge in [-0.15, -0.1) is 0 Å². The molecule has 0 saturated carbocycles. The Morgan fingerprint density at radius 1 is 1.12 bits per heavy atom. The van der Waals surface area contributed by atoms with Crippen molar-refractivity contribution >= 4 is 17.3 Å². The Balaban J connectivity index is 2.17. The van der Waals surface area contributed by atoms with E-state index >= 15 is 0 Å². The molecule has 0 bridgehead atoms. The second-order valence-electron chi connectivity index (χ2n) is 5.53. The lowest BCUT2D eigenvalue weighted by Crippen LogP contribution is -2.15. The van der Waals surface area contributed by atoms with E-state index in [9.17, 15) is 10.1 Å². The van der Waals surface area contributed by atoms with Crippen LogP contribution in [0.4, 0.5) is 11.4 Å². The summed E-state index contributed by atoms with van der Waals surface area (Å²) >= 11 is 0. The van der Waals surface area contributed by atoms with Crippen LogP contribution in [0.2, 0.25) is 0 Å². The number of nitrogens with one attached hydrogen (secondary N) is 2. The van der Waals surface area contributed by atoms with Gasteiger partial charge in [0, 0.05) is 17.6 Å². The van der Waals surface area contributed by atoms with Gasteiger partial charge < -0.3 is 10.6 Å². The van der Waals surface area contributed by atoms with Crippen LogP contribution in [0, 0.1) is 25.2 Å². The molecule has 0 aromatic heterocycles. The molecule has 1 amide bonds. The van der Waals surface area contributed by atoms with Crippen LogP contribution in [0.1, 0.15) is 23.6 Å². The molecule has 0 aliphatic rings. The molecule has 2 aromatic carbocycles. The van der Waals surface area contributed by atoms with Crippen molar-refractivity contribution in [3.05, 3.63) is 70.9 Å². The topological polar surface area (TPSA) is 64.9 Å². The van der Waals surface area contributed by atoms with Crippen LogP contribution >= 0.6 is 0 Å². The number of benzene rings is 2. The summed E-state index contributed by atoms with van der Waals surface area (Å²) < 4.78 is 0. The van der Waals surface area contributed by atoms with Gasteiger partial charge in [-0.25, -0.2) is 0 Å². The molecular weight excluding hydrogens is 298 g/mol. The van der Waals surface area contributed by atoms with E-state index < -0.39 is 5.91 Å². The molecule has 0 radical (unpaired) electrons. The predicted octanol–water partition coefficient (Wildman–Crippen LogP) is 4.32. The van der Waals surface area contributed by atoms with E-state index in [1.54, 1.807) is 0 Å². The molecule has 0 aliphatic carbocycles. The van der Waals surface area contributed by atoms with E-state index in [1.807, 2.05) is 62.4 Å². The first-order valence-corrected chi connectivity index (χ1v) is 7.89. The third kappa shape index (κ3) is 4.02. The summed E-state index contributed by atoms with van der Waals surface area (Å²) in [6.45, 7) is 5.98. The van der Waals surface area contributed by atoms with Gasteiger partial charge in [0.15, 0.2) is 0 Å². The molecule has 24 heavy (non-hydrogen) atoms. The highest BCUT2D eigenvalue weighted by atomic mass is 16.1. The van der Waals surface area contributed by atoms with Crippen molar-refractivity contribution < 1.29 is 4.79 Å². The molecule has 122 valence electrons. The average Bonchev–Trinajstić information content (AvgIpc) is 2.60. The van der Waals surface area contributed by atoms with E-state index in [0.717, 1.165) is 34.5 Å². The number of para-hydroxylation sites is 1. The summed E-state index contributed by atoms with van der Waals surface area (Å²) in [7, 11) is 0. The minimum atomic E-state index is -0.423. The van der Waals surface area contributed by atoms with Crippen LogP contribution in [0.25, 0.3) is 0 Å². The molecule has 0 spiro atoms. The predicted molar refractivity (Wildman–Crippen MR) is 97.7 cm³/mol. The molecule has 0 aliphatic heterocycles. The highest BCUT2D eigenvalue weighted by Gasteiger charge is 2.11. The Morgan fingerprint density at radius 2 is 1.83 bits per heavy atom. The monoisotopic (exact) mass is 319 g/mol. The number of hydrogen-bond donors (Lipinski definition) is 2. The Labute approximate surface area is 142 Å². The highest BCUT2D eigenvalue weighted by molar-refractivity contribution is 6.07. The van der Waals surface area contributed by atoms with E-state index in [-0.39, 0.29) is 5.57 Å². The zero-order valence-electron chi connectivity index (χ0n) is 14.2.